The van der Waals surface area contributed by atoms with Crippen molar-refractivity contribution in [1.82, 2.24) is 0 Å². The molecule has 0 aliphatic carbocycles. The maximum atomic E-state index is 12.8. The highest BCUT2D eigenvalue weighted by atomic mass is 16.6. The largest absolute Gasteiger partial charge is 0.462 e. The number of unbranched alkanes of at least 4 members (excludes halogenated alkanes) is 20. The van der Waals surface area contributed by atoms with Crippen LogP contribution in [0.25, 0.3) is 0 Å². The molecule has 0 aromatic carbocycles. The molecule has 0 saturated carbocycles. The lowest BCUT2D eigenvalue weighted by molar-refractivity contribution is -0.167. The molecular formula is C68H110O6. The predicted octanol–water partition coefficient (Wildman–Crippen LogP) is 20.6. The second-order valence-corrected chi connectivity index (χ2v) is 19.5. The first kappa shape index (κ1) is 69.5. The third-order valence-corrected chi connectivity index (χ3v) is 12.4. The lowest BCUT2D eigenvalue weighted by Gasteiger charge is -2.18. The van der Waals surface area contributed by atoms with E-state index in [1.807, 2.05) is 0 Å². The highest BCUT2D eigenvalue weighted by Crippen LogP contribution is 2.14. The van der Waals surface area contributed by atoms with Gasteiger partial charge >= 0.3 is 17.9 Å². The summed E-state index contributed by atoms with van der Waals surface area (Å²) in [5, 5.41) is 0. The quantitative estimate of drug-likeness (QED) is 0.0261. The Balaban J connectivity index is 4.40. The highest BCUT2D eigenvalue weighted by molar-refractivity contribution is 5.71. The van der Waals surface area contributed by atoms with Gasteiger partial charge in [-0.2, -0.15) is 0 Å². The summed E-state index contributed by atoms with van der Waals surface area (Å²) >= 11 is 0. The third-order valence-electron chi connectivity index (χ3n) is 12.4. The standard InChI is InChI=1S/C68H110O6/c1-4-7-10-13-16-19-22-24-26-28-29-30-31-32-33-34-35-36-37-38-39-41-42-44-46-49-52-55-58-61-67(70)73-64-65(63-72-66(69)60-57-54-51-48-21-18-15-12-9-6-3)74-68(71)62-59-56-53-50-47-45-43-40-27-25-23-20-17-14-11-8-5-2/h7,10,16-17,19-20,24-27,29-30,32-33,35-36,38-39,42,44,49,52,65H,4-6,8-9,11-15,18,21-23,28,31,34,37,40-41,43,45-48,50-51,53-64H2,1-3H3/b10-7-,19-16-,20-17-,26-24-,27-25-,30-29-,33-32-,36-35-,39-38-,44-42-,52-49-. The van der Waals surface area contributed by atoms with Crippen LogP contribution in [0.1, 0.15) is 258 Å². The van der Waals surface area contributed by atoms with E-state index in [1.165, 1.54) is 96.3 Å². The maximum Gasteiger partial charge on any atom is 0.306 e. The van der Waals surface area contributed by atoms with Crippen molar-refractivity contribution in [3.63, 3.8) is 0 Å². The topological polar surface area (TPSA) is 78.9 Å². The molecule has 6 nitrogen and oxygen atoms in total. The molecule has 0 rings (SSSR count). The van der Waals surface area contributed by atoms with Crippen molar-refractivity contribution in [2.24, 2.45) is 0 Å². The maximum absolute atomic E-state index is 12.8. The second-order valence-electron chi connectivity index (χ2n) is 19.5. The van der Waals surface area contributed by atoms with Crippen LogP contribution in [0.4, 0.5) is 0 Å². The van der Waals surface area contributed by atoms with Gasteiger partial charge in [0, 0.05) is 19.3 Å². The lowest BCUT2D eigenvalue weighted by atomic mass is 10.1. The Hall–Kier alpha value is -4.45. The number of hydrogen-bond acceptors (Lipinski definition) is 6. The van der Waals surface area contributed by atoms with E-state index in [0.717, 1.165) is 116 Å². The Morgan fingerprint density at radius 2 is 0.541 bits per heavy atom. The minimum absolute atomic E-state index is 0.101. The van der Waals surface area contributed by atoms with Gasteiger partial charge in [0.25, 0.3) is 0 Å². The summed E-state index contributed by atoms with van der Waals surface area (Å²) in [5.41, 5.74) is 0. The Kier molecular flexibility index (Phi) is 57.4. The number of rotatable bonds is 53. The molecule has 0 bridgehead atoms. The van der Waals surface area contributed by atoms with Gasteiger partial charge in [-0.3, -0.25) is 14.4 Å². The van der Waals surface area contributed by atoms with Crippen LogP contribution < -0.4 is 0 Å². The van der Waals surface area contributed by atoms with E-state index in [9.17, 15) is 14.4 Å². The number of ether oxygens (including phenoxy) is 3. The van der Waals surface area contributed by atoms with Crippen molar-refractivity contribution < 1.29 is 28.6 Å². The molecule has 0 aromatic heterocycles. The van der Waals surface area contributed by atoms with Gasteiger partial charge in [-0.05, 0) is 116 Å². The van der Waals surface area contributed by atoms with Crippen molar-refractivity contribution >= 4 is 17.9 Å². The van der Waals surface area contributed by atoms with Crippen molar-refractivity contribution in [3.8, 4) is 0 Å². The molecule has 0 saturated heterocycles. The van der Waals surface area contributed by atoms with Crippen molar-refractivity contribution in [2.75, 3.05) is 13.2 Å². The van der Waals surface area contributed by atoms with E-state index < -0.39 is 6.10 Å². The van der Waals surface area contributed by atoms with Crippen molar-refractivity contribution in [1.29, 1.82) is 0 Å². The Morgan fingerprint density at radius 3 is 0.905 bits per heavy atom. The van der Waals surface area contributed by atoms with E-state index in [2.05, 4.69) is 154 Å². The summed E-state index contributed by atoms with van der Waals surface area (Å²) in [7, 11) is 0. The van der Waals surface area contributed by atoms with Crippen LogP contribution in [0.5, 0.6) is 0 Å². The first-order valence-corrected chi connectivity index (χ1v) is 30.2. The van der Waals surface area contributed by atoms with Crippen molar-refractivity contribution in [3.05, 3.63) is 134 Å². The zero-order chi connectivity index (χ0) is 53.6. The van der Waals surface area contributed by atoms with Gasteiger partial charge in [0.1, 0.15) is 13.2 Å². The first-order chi connectivity index (χ1) is 36.5. The zero-order valence-electron chi connectivity index (χ0n) is 47.8. The average molecular weight is 1020 g/mol. The van der Waals surface area contributed by atoms with Crippen LogP contribution in [0, 0.1) is 0 Å². The predicted molar refractivity (Wildman–Crippen MR) is 320 cm³/mol. The van der Waals surface area contributed by atoms with Gasteiger partial charge in [-0.25, -0.2) is 0 Å². The third kappa shape index (κ3) is 58.4. The monoisotopic (exact) mass is 1020 g/mol. The average Bonchev–Trinajstić information content (AvgIpc) is 3.40. The molecule has 0 fully saturated rings. The second kappa shape index (κ2) is 61.1. The fourth-order valence-corrected chi connectivity index (χ4v) is 7.89. The molecule has 0 spiro atoms. The fraction of sp³-hybridized carbons (Fsp3) is 0.632. The van der Waals surface area contributed by atoms with Gasteiger partial charge < -0.3 is 14.2 Å². The minimum Gasteiger partial charge on any atom is -0.462 e. The molecule has 0 N–H and O–H groups in total. The molecule has 0 aromatic rings. The first-order valence-electron chi connectivity index (χ1n) is 30.2. The Morgan fingerprint density at radius 1 is 0.284 bits per heavy atom. The fourth-order valence-electron chi connectivity index (χ4n) is 7.89. The van der Waals surface area contributed by atoms with E-state index >= 15 is 0 Å². The van der Waals surface area contributed by atoms with Gasteiger partial charge in [-0.1, -0.05) is 257 Å². The molecule has 1 unspecified atom stereocenters. The lowest BCUT2D eigenvalue weighted by Crippen LogP contribution is -2.30. The molecule has 0 aliphatic heterocycles. The van der Waals surface area contributed by atoms with Crippen LogP contribution in [0.3, 0.4) is 0 Å². The van der Waals surface area contributed by atoms with E-state index in [0.29, 0.717) is 19.3 Å². The van der Waals surface area contributed by atoms with Gasteiger partial charge in [-0.15, -0.1) is 0 Å². The summed E-state index contributed by atoms with van der Waals surface area (Å²) in [6.45, 7) is 6.43. The molecule has 0 heterocycles. The molecule has 0 aliphatic rings. The Labute approximate surface area is 455 Å². The van der Waals surface area contributed by atoms with Crippen LogP contribution in [-0.4, -0.2) is 37.2 Å². The number of allylic oxidation sites excluding steroid dienone is 22. The molecule has 74 heavy (non-hydrogen) atoms. The molecule has 0 amide bonds. The van der Waals surface area contributed by atoms with Gasteiger partial charge in [0.2, 0.25) is 0 Å². The summed E-state index contributed by atoms with van der Waals surface area (Å²) < 4.78 is 16.8. The van der Waals surface area contributed by atoms with Crippen LogP contribution in [-0.2, 0) is 28.6 Å². The molecule has 1 atom stereocenters. The number of hydrogen-bond donors (Lipinski definition) is 0. The van der Waals surface area contributed by atoms with Crippen LogP contribution >= 0.6 is 0 Å². The summed E-state index contributed by atoms with van der Waals surface area (Å²) in [4.78, 5) is 38.1. The van der Waals surface area contributed by atoms with E-state index in [4.69, 9.17) is 14.2 Å². The summed E-state index contributed by atoms with van der Waals surface area (Å²) in [5.74, 6) is -0.975. The van der Waals surface area contributed by atoms with Crippen molar-refractivity contribution in [2.45, 2.75) is 264 Å². The zero-order valence-corrected chi connectivity index (χ0v) is 47.8. The molecule has 418 valence electrons. The van der Waals surface area contributed by atoms with Crippen LogP contribution in [0.15, 0.2) is 134 Å². The Bertz CT molecular complexity index is 1600. The van der Waals surface area contributed by atoms with Crippen LogP contribution in [0.2, 0.25) is 0 Å². The molecular weight excluding hydrogens is 913 g/mol. The SMILES string of the molecule is CC/C=C\C/C=C\C/C=C\C/C=C\C/C=C\C/C=C\C/C=C\C/C=C\C/C=C\CCCC(=O)OCC(COC(=O)CCCCCCCCCCCC)OC(=O)CCCCCCCCC/C=C\C/C=C\CCCCC. The number of carbonyl (C=O) groups is 3. The summed E-state index contributed by atoms with van der Waals surface area (Å²) in [6.07, 6.45) is 86.0. The van der Waals surface area contributed by atoms with E-state index in [-0.39, 0.29) is 37.5 Å². The minimum atomic E-state index is -0.808. The van der Waals surface area contributed by atoms with E-state index in [1.54, 1.807) is 0 Å². The molecule has 0 radical (unpaired) electrons. The smallest absolute Gasteiger partial charge is 0.306 e. The normalized spacial score (nSPS) is 13.1. The number of carbonyl (C=O) groups excluding carboxylic acids is 3. The summed E-state index contributed by atoms with van der Waals surface area (Å²) in [6, 6.07) is 0. The number of esters is 3. The van der Waals surface area contributed by atoms with Gasteiger partial charge in [0.05, 0.1) is 0 Å². The highest BCUT2D eigenvalue weighted by Gasteiger charge is 2.19. The van der Waals surface area contributed by atoms with Gasteiger partial charge in [0.15, 0.2) is 6.10 Å². The molecule has 6 heteroatoms.